The van der Waals surface area contributed by atoms with Crippen LogP contribution in [0.3, 0.4) is 0 Å². The van der Waals surface area contributed by atoms with E-state index in [-0.39, 0.29) is 29.4 Å². The topological polar surface area (TPSA) is 67.8 Å². The summed E-state index contributed by atoms with van der Waals surface area (Å²) in [6.45, 7) is 9.55. The summed E-state index contributed by atoms with van der Waals surface area (Å²) in [6.07, 6.45) is 1.72. The average molecular weight is 512 g/mol. The highest BCUT2D eigenvalue weighted by molar-refractivity contribution is 14.0. The van der Waals surface area contributed by atoms with Crippen molar-refractivity contribution in [2.75, 3.05) is 33.4 Å². The van der Waals surface area contributed by atoms with Crippen LogP contribution in [0.25, 0.3) is 0 Å². The van der Waals surface area contributed by atoms with E-state index >= 15 is 0 Å². The molecule has 2 N–H and O–H groups in total. The van der Waals surface area contributed by atoms with Crippen LogP contribution in [0.4, 0.5) is 0 Å². The molecule has 0 spiro atoms. The third kappa shape index (κ3) is 8.57. The van der Waals surface area contributed by atoms with Crippen LogP contribution in [0.1, 0.15) is 31.9 Å². The molecule has 1 heterocycles. The van der Waals surface area contributed by atoms with Gasteiger partial charge in [0.25, 0.3) is 0 Å². The van der Waals surface area contributed by atoms with Crippen molar-refractivity contribution in [2.24, 2.45) is 4.99 Å². The highest BCUT2D eigenvalue weighted by atomic mass is 127. The number of aliphatic imine (C=N–C) groups is 1. The van der Waals surface area contributed by atoms with Crippen molar-refractivity contribution in [2.45, 2.75) is 32.7 Å². The van der Waals surface area contributed by atoms with Gasteiger partial charge in [0, 0.05) is 37.4 Å². The molecule has 160 valence electrons. The molecule has 2 rings (SSSR count). The van der Waals surface area contributed by atoms with E-state index in [2.05, 4.69) is 60.7 Å². The normalized spacial score (nSPS) is 11.5. The first-order valence-corrected chi connectivity index (χ1v) is 9.70. The van der Waals surface area contributed by atoms with Gasteiger partial charge >= 0.3 is 0 Å². The molecular weight excluding hydrogens is 479 g/mol. The van der Waals surface area contributed by atoms with Crippen LogP contribution in [0, 0.1) is 0 Å². The number of nitrogens with one attached hydrogen (secondary N) is 2. The number of hydrogen-bond donors (Lipinski definition) is 2. The maximum absolute atomic E-state index is 5.70. The minimum atomic E-state index is -0.0137. The van der Waals surface area contributed by atoms with E-state index in [1.54, 1.807) is 13.3 Å². The second-order valence-corrected chi connectivity index (χ2v) is 7.11. The van der Waals surface area contributed by atoms with Crippen molar-refractivity contribution < 1.29 is 9.47 Å². The number of hydrogen-bond acceptors (Lipinski definition) is 4. The molecule has 0 bridgehead atoms. The van der Waals surface area contributed by atoms with Gasteiger partial charge in [-0.25, -0.2) is 9.98 Å². The molecule has 29 heavy (non-hydrogen) atoms. The van der Waals surface area contributed by atoms with E-state index in [0.717, 1.165) is 24.6 Å². The molecule has 0 radical (unpaired) electrons. The number of rotatable bonds is 10. The molecule has 0 atom stereocenters. The third-order valence-electron chi connectivity index (χ3n) is 4.38. The largest absolute Gasteiger partial charge is 0.475 e. The molecule has 0 aliphatic heterocycles. The highest BCUT2D eigenvalue weighted by Gasteiger charge is 2.20. The Morgan fingerprint density at radius 3 is 2.52 bits per heavy atom. The fourth-order valence-corrected chi connectivity index (χ4v) is 2.70. The number of halogens is 1. The molecule has 0 fully saturated rings. The Morgan fingerprint density at radius 2 is 1.83 bits per heavy atom. The van der Waals surface area contributed by atoms with Crippen molar-refractivity contribution in [3.63, 3.8) is 0 Å². The lowest BCUT2D eigenvalue weighted by molar-refractivity contribution is 0.143. The summed E-state index contributed by atoms with van der Waals surface area (Å²) in [7, 11) is 1.65. The summed E-state index contributed by atoms with van der Waals surface area (Å²) < 4.78 is 10.7. The number of guanidine groups is 1. The minimum absolute atomic E-state index is 0. The molecule has 0 unspecified atom stereocenters. The van der Waals surface area contributed by atoms with Crippen LogP contribution < -0.4 is 15.4 Å². The van der Waals surface area contributed by atoms with E-state index in [0.29, 0.717) is 25.6 Å². The highest BCUT2D eigenvalue weighted by Crippen LogP contribution is 2.21. The van der Waals surface area contributed by atoms with Crippen LogP contribution >= 0.6 is 24.0 Å². The van der Waals surface area contributed by atoms with Crippen molar-refractivity contribution in [1.29, 1.82) is 0 Å². The van der Waals surface area contributed by atoms with Gasteiger partial charge in [-0.15, -0.1) is 24.0 Å². The minimum Gasteiger partial charge on any atom is -0.475 e. The van der Waals surface area contributed by atoms with E-state index in [4.69, 9.17) is 14.5 Å². The Hall–Kier alpha value is -1.87. The maximum atomic E-state index is 5.70. The second-order valence-electron chi connectivity index (χ2n) is 7.11. The number of aromatic nitrogens is 1. The fourth-order valence-electron chi connectivity index (χ4n) is 2.70. The van der Waals surface area contributed by atoms with Crippen LogP contribution in [0.2, 0.25) is 0 Å². The molecular formula is C22H33IN4O2. The lowest BCUT2D eigenvalue weighted by Crippen LogP contribution is -2.43. The second kappa shape index (κ2) is 13.4. The van der Waals surface area contributed by atoms with Crippen LogP contribution in [0.15, 0.2) is 53.7 Å². The van der Waals surface area contributed by atoms with Gasteiger partial charge in [0.2, 0.25) is 5.88 Å². The monoisotopic (exact) mass is 512 g/mol. The zero-order valence-corrected chi connectivity index (χ0v) is 20.1. The number of methoxy groups -OCH3 is 1. The number of benzene rings is 1. The van der Waals surface area contributed by atoms with Crippen molar-refractivity contribution in [3.8, 4) is 5.88 Å². The van der Waals surface area contributed by atoms with E-state index in [9.17, 15) is 0 Å². The SMILES string of the molecule is CCNC(=NCc1cccnc1OCCOC)NCC(C)(C)c1ccccc1.I. The lowest BCUT2D eigenvalue weighted by Gasteiger charge is -2.26. The molecule has 0 saturated carbocycles. The molecule has 0 saturated heterocycles. The first kappa shape index (κ1) is 25.2. The fraction of sp³-hybridized carbons (Fsp3) is 0.455. The Labute approximate surface area is 191 Å². The molecule has 1 aromatic carbocycles. The Balaban J connectivity index is 0.00000420. The molecule has 0 aliphatic carbocycles. The van der Waals surface area contributed by atoms with Gasteiger partial charge in [-0.1, -0.05) is 50.2 Å². The van der Waals surface area contributed by atoms with Crippen LogP contribution in [-0.4, -0.2) is 44.4 Å². The summed E-state index contributed by atoms with van der Waals surface area (Å²) in [5, 5.41) is 6.77. The number of pyridine rings is 1. The van der Waals surface area contributed by atoms with Gasteiger partial charge in [0.1, 0.15) is 6.61 Å². The van der Waals surface area contributed by atoms with Gasteiger partial charge in [-0.05, 0) is 18.6 Å². The Morgan fingerprint density at radius 1 is 1.07 bits per heavy atom. The summed E-state index contributed by atoms with van der Waals surface area (Å²) >= 11 is 0. The van der Waals surface area contributed by atoms with Crippen LogP contribution in [-0.2, 0) is 16.7 Å². The van der Waals surface area contributed by atoms with Crippen molar-refractivity contribution in [1.82, 2.24) is 15.6 Å². The van der Waals surface area contributed by atoms with Crippen molar-refractivity contribution >= 4 is 29.9 Å². The molecule has 2 aromatic rings. The first-order chi connectivity index (χ1) is 13.6. The van der Waals surface area contributed by atoms with Gasteiger partial charge in [0.15, 0.2) is 5.96 Å². The van der Waals surface area contributed by atoms with Gasteiger partial charge in [-0.3, -0.25) is 0 Å². The first-order valence-electron chi connectivity index (χ1n) is 9.70. The van der Waals surface area contributed by atoms with E-state index in [1.165, 1.54) is 5.56 Å². The summed E-state index contributed by atoms with van der Waals surface area (Å²) in [5.41, 5.74) is 2.22. The molecule has 0 amide bonds. The zero-order chi connectivity index (χ0) is 20.2. The maximum Gasteiger partial charge on any atom is 0.218 e. The summed E-state index contributed by atoms with van der Waals surface area (Å²) in [6, 6.07) is 14.4. The lowest BCUT2D eigenvalue weighted by atomic mass is 9.85. The number of nitrogens with zero attached hydrogens (tertiary/aromatic N) is 2. The number of ether oxygens (including phenoxy) is 2. The molecule has 6 nitrogen and oxygen atoms in total. The van der Waals surface area contributed by atoms with Gasteiger partial charge in [0.05, 0.1) is 13.2 Å². The van der Waals surface area contributed by atoms with Gasteiger partial charge < -0.3 is 20.1 Å². The third-order valence-corrected chi connectivity index (χ3v) is 4.38. The predicted octanol–water partition coefficient (Wildman–Crippen LogP) is 3.76. The smallest absolute Gasteiger partial charge is 0.218 e. The van der Waals surface area contributed by atoms with Crippen LogP contribution in [0.5, 0.6) is 5.88 Å². The van der Waals surface area contributed by atoms with Gasteiger partial charge in [-0.2, -0.15) is 0 Å². The standard InChI is InChI=1S/C22H32N4O2.HI/c1-5-23-21(26-17-22(2,3)19-11-7-6-8-12-19)25-16-18-10-9-13-24-20(18)28-15-14-27-4;/h6-13H,5,14-17H2,1-4H3,(H2,23,25,26);1H. The molecule has 0 aliphatic rings. The summed E-state index contributed by atoms with van der Waals surface area (Å²) in [4.78, 5) is 9.02. The molecule has 1 aromatic heterocycles. The summed E-state index contributed by atoms with van der Waals surface area (Å²) in [5.74, 6) is 1.38. The predicted molar refractivity (Wildman–Crippen MR) is 129 cm³/mol. The zero-order valence-electron chi connectivity index (χ0n) is 17.8. The van der Waals surface area contributed by atoms with E-state index in [1.807, 2.05) is 18.2 Å². The Kier molecular flexibility index (Phi) is 11.6. The van der Waals surface area contributed by atoms with E-state index < -0.39 is 0 Å². The molecule has 7 heteroatoms. The average Bonchev–Trinajstić information content (AvgIpc) is 2.72. The quantitative estimate of drug-likeness (QED) is 0.220. The Bertz CT molecular complexity index is 739. The van der Waals surface area contributed by atoms with Crippen molar-refractivity contribution in [3.05, 3.63) is 59.8 Å².